The molecule has 4 nitrogen and oxygen atoms in total. The molecular formula is C11H13BrN2O2. The van der Waals surface area contributed by atoms with Gasteiger partial charge in [-0.05, 0) is 41.1 Å². The molecule has 0 aliphatic rings. The highest BCUT2D eigenvalue weighted by molar-refractivity contribution is 9.10. The molecular weight excluding hydrogens is 272 g/mol. The number of nitrogens with zero attached hydrogens (tertiary/aromatic N) is 1. The molecule has 3 N–H and O–H groups in total. The lowest BCUT2D eigenvalue weighted by atomic mass is 10.1. The first-order valence-electron chi connectivity index (χ1n) is 4.75. The summed E-state index contributed by atoms with van der Waals surface area (Å²) in [6, 6.07) is 7.15. The summed E-state index contributed by atoms with van der Waals surface area (Å²) in [6.45, 7) is 1.46. The minimum Gasteiger partial charge on any atom is -0.393 e. The smallest absolute Gasteiger partial charge is 0.102 e. The van der Waals surface area contributed by atoms with Crippen molar-refractivity contribution < 1.29 is 10.2 Å². The number of aliphatic hydroxyl groups is 2. The van der Waals surface area contributed by atoms with E-state index in [2.05, 4.69) is 21.2 Å². The highest BCUT2D eigenvalue weighted by Gasteiger charge is 2.18. The van der Waals surface area contributed by atoms with Gasteiger partial charge in [-0.25, -0.2) is 0 Å². The van der Waals surface area contributed by atoms with Gasteiger partial charge in [0.15, 0.2) is 0 Å². The molecule has 0 aliphatic carbocycles. The van der Waals surface area contributed by atoms with E-state index in [1.165, 1.54) is 6.92 Å². The van der Waals surface area contributed by atoms with Crippen molar-refractivity contribution in [3.8, 4) is 6.07 Å². The Morgan fingerprint density at radius 1 is 1.56 bits per heavy atom. The summed E-state index contributed by atoms with van der Waals surface area (Å²) in [4.78, 5) is 0. The van der Waals surface area contributed by atoms with E-state index >= 15 is 0 Å². The number of rotatable bonds is 4. The van der Waals surface area contributed by atoms with Crippen LogP contribution in [0.3, 0.4) is 0 Å². The number of halogens is 1. The van der Waals surface area contributed by atoms with Crippen LogP contribution in [0.4, 0.5) is 5.69 Å². The van der Waals surface area contributed by atoms with Gasteiger partial charge in [-0.1, -0.05) is 0 Å². The number of hydrogen-bond donors (Lipinski definition) is 3. The Hall–Kier alpha value is -1.09. The molecule has 0 fully saturated rings. The molecule has 0 amide bonds. The summed E-state index contributed by atoms with van der Waals surface area (Å²) in [5.74, 6) is 0. The molecule has 1 unspecified atom stereocenters. The molecule has 0 radical (unpaired) electrons. The second kappa shape index (κ2) is 5.30. The fourth-order valence-electron chi connectivity index (χ4n) is 1.07. The van der Waals surface area contributed by atoms with Crippen molar-refractivity contribution in [2.75, 3.05) is 18.5 Å². The fraction of sp³-hybridized carbons (Fsp3) is 0.364. The Kier molecular flexibility index (Phi) is 4.30. The predicted octanol–water partition coefficient (Wildman–Crippen LogP) is 1.48. The molecule has 0 saturated carbocycles. The molecule has 1 aromatic carbocycles. The Bertz CT molecular complexity index is 413. The van der Waals surface area contributed by atoms with Gasteiger partial charge >= 0.3 is 0 Å². The van der Waals surface area contributed by atoms with Crippen molar-refractivity contribution in [2.45, 2.75) is 12.5 Å². The molecule has 0 aliphatic heterocycles. The second-order valence-corrected chi connectivity index (χ2v) is 4.67. The number of nitrogens with one attached hydrogen (secondary N) is 1. The van der Waals surface area contributed by atoms with E-state index in [-0.39, 0.29) is 13.2 Å². The van der Waals surface area contributed by atoms with Gasteiger partial charge in [0.1, 0.15) is 5.60 Å². The minimum atomic E-state index is -1.16. The van der Waals surface area contributed by atoms with Crippen LogP contribution in [0.2, 0.25) is 0 Å². The Morgan fingerprint density at radius 3 is 2.75 bits per heavy atom. The van der Waals surface area contributed by atoms with Crippen LogP contribution in [0.5, 0.6) is 0 Å². The van der Waals surface area contributed by atoms with Gasteiger partial charge in [0.05, 0.1) is 18.2 Å². The molecule has 0 spiro atoms. The van der Waals surface area contributed by atoms with E-state index < -0.39 is 5.60 Å². The highest BCUT2D eigenvalue weighted by Crippen LogP contribution is 2.23. The third-order valence-electron chi connectivity index (χ3n) is 2.10. The number of nitriles is 1. The van der Waals surface area contributed by atoms with Crippen LogP contribution in [-0.2, 0) is 0 Å². The van der Waals surface area contributed by atoms with Crippen molar-refractivity contribution in [1.82, 2.24) is 0 Å². The zero-order chi connectivity index (χ0) is 12.2. The first kappa shape index (κ1) is 13.0. The van der Waals surface area contributed by atoms with Crippen molar-refractivity contribution in [3.63, 3.8) is 0 Å². The van der Waals surface area contributed by atoms with Crippen LogP contribution in [0.1, 0.15) is 12.5 Å². The van der Waals surface area contributed by atoms with Crippen LogP contribution in [0.25, 0.3) is 0 Å². The minimum absolute atomic E-state index is 0.230. The largest absolute Gasteiger partial charge is 0.393 e. The Labute approximate surface area is 103 Å². The summed E-state index contributed by atoms with van der Waals surface area (Å²) >= 11 is 3.32. The van der Waals surface area contributed by atoms with Gasteiger partial charge in [-0.3, -0.25) is 0 Å². The molecule has 0 heterocycles. The molecule has 1 rings (SSSR count). The normalized spacial score (nSPS) is 13.9. The van der Waals surface area contributed by atoms with Crippen LogP contribution in [-0.4, -0.2) is 29.0 Å². The lowest BCUT2D eigenvalue weighted by molar-refractivity contribution is 0.0132. The van der Waals surface area contributed by atoms with Gasteiger partial charge < -0.3 is 15.5 Å². The summed E-state index contributed by atoms with van der Waals surface area (Å²) in [5, 5.41) is 30.1. The SMILES string of the molecule is CC(O)(CO)CNc1ccc(C#N)cc1Br. The molecule has 0 aromatic heterocycles. The Morgan fingerprint density at radius 2 is 2.25 bits per heavy atom. The van der Waals surface area contributed by atoms with Crippen LogP contribution in [0, 0.1) is 11.3 Å². The van der Waals surface area contributed by atoms with Crippen molar-refractivity contribution in [2.24, 2.45) is 0 Å². The second-order valence-electron chi connectivity index (χ2n) is 3.82. The van der Waals surface area contributed by atoms with Crippen molar-refractivity contribution >= 4 is 21.6 Å². The maximum absolute atomic E-state index is 9.60. The monoisotopic (exact) mass is 284 g/mol. The van der Waals surface area contributed by atoms with E-state index in [0.29, 0.717) is 5.56 Å². The van der Waals surface area contributed by atoms with Gasteiger partial charge in [0.2, 0.25) is 0 Å². The van der Waals surface area contributed by atoms with Crippen LogP contribution in [0.15, 0.2) is 22.7 Å². The standard InChI is InChI=1S/C11H13BrN2O2/c1-11(16,7-15)6-14-10-3-2-8(5-13)4-9(10)12/h2-4,14-16H,6-7H2,1H3. The van der Waals surface area contributed by atoms with Gasteiger partial charge in [0.25, 0.3) is 0 Å². The van der Waals surface area contributed by atoms with Crippen molar-refractivity contribution in [3.05, 3.63) is 28.2 Å². The average Bonchev–Trinajstić information content (AvgIpc) is 2.27. The zero-order valence-electron chi connectivity index (χ0n) is 8.87. The van der Waals surface area contributed by atoms with Gasteiger partial charge in [0, 0.05) is 16.7 Å². The lowest BCUT2D eigenvalue weighted by Gasteiger charge is -2.21. The van der Waals surface area contributed by atoms with E-state index in [1.54, 1.807) is 18.2 Å². The predicted molar refractivity (Wildman–Crippen MR) is 65.1 cm³/mol. The van der Waals surface area contributed by atoms with E-state index in [4.69, 9.17) is 10.4 Å². The third kappa shape index (κ3) is 3.49. The average molecular weight is 285 g/mol. The summed E-state index contributed by atoms with van der Waals surface area (Å²) < 4.78 is 0.750. The Balaban J connectivity index is 2.73. The summed E-state index contributed by atoms with van der Waals surface area (Å²) in [6.07, 6.45) is 0. The summed E-state index contributed by atoms with van der Waals surface area (Å²) in [5.41, 5.74) is 0.173. The lowest BCUT2D eigenvalue weighted by Crippen LogP contribution is -2.37. The molecule has 86 valence electrons. The van der Waals surface area contributed by atoms with Gasteiger partial charge in [-0.2, -0.15) is 5.26 Å². The maximum Gasteiger partial charge on any atom is 0.102 e. The molecule has 0 bridgehead atoms. The number of hydrogen-bond acceptors (Lipinski definition) is 4. The third-order valence-corrected chi connectivity index (χ3v) is 2.75. The first-order chi connectivity index (χ1) is 7.48. The molecule has 1 atom stereocenters. The highest BCUT2D eigenvalue weighted by atomic mass is 79.9. The molecule has 5 heteroatoms. The van der Waals surface area contributed by atoms with E-state index in [0.717, 1.165) is 10.2 Å². The van der Waals surface area contributed by atoms with Crippen LogP contribution >= 0.6 is 15.9 Å². The number of anilines is 1. The summed E-state index contributed by atoms with van der Waals surface area (Å²) in [7, 11) is 0. The number of benzene rings is 1. The van der Waals surface area contributed by atoms with E-state index in [1.807, 2.05) is 6.07 Å². The van der Waals surface area contributed by atoms with Gasteiger partial charge in [-0.15, -0.1) is 0 Å². The topological polar surface area (TPSA) is 76.3 Å². The molecule has 16 heavy (non-hydrogen) atoms. The maximum atomic E-state index is 9.60. The quantitative estimate of drug-likeness (QED) is 0.783. The van der Waals surface area contributed by atoms with Crippen molar-refractivity contribution in [1.29, 1.82) is 5.26 Å². The fourth-order valence-corrected chi connectivity index (χ4v) is 1.59. The van der Waals surface area contributed by atoms with E-state index in [9.17, 15) is 5.11 Å². The number of aliphatic hydroxyl groups excluding tert-OH is 1. The first-order valence-corrected chi connectivity index (χ1v) is 5.54. The molecule has 0 saturated heterocycles. The molecule has 1 aromatic rings. The van der Waals surface area contributed by atoms with Crippen LogP contribution < -0.4 is 5.32 Å². The zero-order valence-corrected chi connectivity index (χ0v) is 10.5.